The van der Waals surface area contributed by atoms with Crippen molar-refractivity contribution in [3.05, 3.63) is 89.0 Å². The number of ketones is 1. The second-order valence-electron chi connectivity index (χ2n) is 10.6. The minimum absolute atomic E-state index is 0.258. The molecule has 9 nitrogen and oxygen atoms in total. The van der Waals surface area contributed by atoms with Gasteiger partial charge in [0.15, 0.2) is 5.78 Å². The maximum Gasteiger partial charge on any atom is 0.412 e. The van der Waals surface area contributed by atoms with Gasteiger partial charge in [-0.05, 0) is 57.2 Å². The van der Waals surface area contributed by atoms with Crippen LogP contribution < -0.4 is 15.5 Å². The highest BCUT2D eigenvalue weighted by Crippen LogP contribution is 2.33. The number of amides is 2. The van der Waals surface area contributed by atoms with Gasteiger partial charge in [-0.25, -0.2) is 4.79 Å². The summed E-state index contributed by atoms with van der Waals surface area (Å²) in [5.41, 5.74) is 2.60. The molecule has 1 aliphatic rings. The molecule has 1 fully saturated rings. The van der Waals surface area contributed by atoms with Crippen LogP contribution in [-0.2, 0) is 14.3 Å². The first kappa shape index (κ1) is 29.9. The summed E-state index contributed by atoms with van der Waals surface area (Å²) in [6.45, 7) is 7.57. The first-order valence-electron chi connectivity index (χ1n) is 13.5. The van der Waals surface area contributed by atoms with Crippen molar-refractivity contribution in [2.45, 2.75) is 32.8 Å². The summed E-state index contributed by atoms with van der Waals surface area (Å²) in [6, 6.07) is 21.1. The third-order valence-corrected chi connectivity index (χ3v) is 6.15. The topological polar surface area (TPSA) is 121 Å². The second-order valence-corrected chi connectivity index (χ2v) is 10.6. The first-order valence-corrected chi connectivity index (χ1v) is 13.5. The number of carbonyl (C=O) groups is 3. The summed E-state index contributed by atoms with van der Waals surface area (Å²) < 4.78 is 11.0. The summed E-state index contributed by atoms with van der Waals surface area (Å²) in [4.78, 5) is 40.8. The van der Waals surface area contributed by atoms with Crippen LogP contribution in [0, 0.1) is 23.2 Å². The van der Waals surface area contributed by atoms with E-state index in [1.807, 2.05) is 36.4 Å². The summed E-state index contributed by atoms with van der Waals surface area (Å²) in [7, 11) is 0. The normalized spacial score (nSPS) is 12.8. The molecule has 0 radical (unpaired) electrons. The van der Waals surface area contributed by atoms with Crippen LogP contribution in [0.1, 0.15) is 54.2 Å². The minimum Gasteiger partial charge on any atom is -0.444 e. The monoisotopic (exact) mass is 564 g/mol. The minimum atomic E-state index is -0.744. The van der Waals surface area contributed by atoms with Crippen molar-refractivity contribution in [1.82, 2.24) is 0 Å². The van der Waals surface area contributed by atoms with Gasteiger partial charge in [0.1, 0.15) is 5.60 Å². The van der Waals surface area contributed by atoms with E-state index in [0.29, 0.717) is 43.1 Å². The standard InChI is InChI=1S/C33H32N4O5/c1-33(2,3)42-32(40)36-28-20-29(37-14-16-41-17-15-37)25(13-12-23-8-5-4-6-9-23)19-27(28)35-31(39)21-30(38)26-11-7-10-24(18-26)22-34/h4-11,18-20H,14-17,21H2,1-3H3,(H,35,39)(H,36,40). The van der Waals surface area contributed by atoms with E-state index in [1.54, 1.807) is 51.1 Å². The number of ether oxygens (including phenoxy) is 2. The van der Waals surface area contributed by atoms with E-state index in [-0.39, 0.29) is 11.3 Å². The lowest BCUT2D eigenvalue weighted by molar-refractivity contribution is -0.115. The second kappa shape index (κ2) is 13.5. The molecule has 4 rings (SSSR count). The van der Waals surface area contributed by atoms with Gasteiger partial charge in [-0.1, -0.05) is 42.2 Å². The van der Waals surface area contributed by atoms with Crippen LogP contribution in [0.4, 0.5) is 21.9 Å². The van der Waals surface area contributed by atoms with Crippen LogP contribution in [0.2, 0.25) is 0 Å². The van der Waals surface area contributed by atoms with E-state index in [0.717, 1.165) is 11.3 Å². The number of Topliss-reactive ketones (excluding diaryl/α,β-unsaturated/α-hetero) is 1. The number of hydrogen-bond donors (Lipinski definition) is 2. The van der Waals surface area contributed by atoms with Crippen LogP contribution in [0.5, 0.6) is 0 Å². The van der Waals surface area contributed by atoms with Gasteiger partial charge in [0.05, 0.1) is 53.9 Å². The molecule has 0 unspecified atom stereocenters. The number of nitrogens with zero attached hydrogens (tertiary/aromatic N) is 2. The van der Waals surface area contributed by atoms with E-state index in [4.69, 9.17) is 14.7 Å². The molecule has 0 aromatic heterocycles. The molecule has 2 N–H and O–H groups in total. The van der Waals surface area contributed by atoms with E-state index >= 15 is 0 Å². The molecule has 9 heteroatoms. The maximum atomic E-state index is 13.1. The van der Waals surface area contributed by atoms with Crippen molar-refractivity contribution in [3.8, 4) is 17.9 Å². The average molecular weight is 565 g/mol. The number of hydrogen-bond acceptors (Lipinski definition) is 7. The lowest BCUT2D eigenvalue weighted by Gasteiger charge is -2.31. The lowest BCUT2D eigenvalue weighted by atomic mass is 10.0. The Hall–Kier alpha value is -5.12. The number of nitrogens with one attached hydrogen (secondary N) is 2. The number of anilines is 3. The number of nitriles is 1. The summed E-state index contributed by atoms with van der Waals surface area (Å²) in [5, 5.41) is 14.7. The summed E-state index contributed by atoms with van der Waals surface area (Å²) in [6.07, 6.45) is -1.16. The SMILES string of the molecule is CC(C)(C)OC(=O)Nc1cc(N2CCOCC2)c(C#Cc2ccccc2)cc1NC(=O)CC(=O)c1cccc(C#N)c1. The molecular formula is C33H32N4O5. The molecule has 42 heavy (non-hydrogen) atoms. The van der Waals surface area contributed by atoms with Gasteiger partial charge in [-0.3, -0.25) is 14.9 Å². The van der Waals surface area contributed by atoms with E-state index < -0.39 is 29.8 Å². The van der Waals surface area contributed by atoms with Crippen molar-refractivity contribution in [1.29, 1.82) is 5.26 Å². The van der Waals surface area contributed by atoms with Gasteiger partial charge in [-0.15, -0.1) is 0 Å². The Morgan fingerprint density at radius 3 is 2.29 bits per heavy atom. The lowest BCUT2D eigenvalue weighted by Crippen LogP contribution is -2.36. The van der Waals surface area contributed by atoms with E-state index in [1.165, 1.54) is 6.07 Å². The molecule has 1 heterocycles. The van der Waals surface area contributed by atoms with Crippen LogP contribution in [0.3, 0.4) is 0 Å². The van der Waals surface area contributed by atoms with Crippen LogP contribution in [0.25, 0.3) is 0 Å². The highest BCUT2D eigenvalue weighted by atomic mass is 16.6. The largest absolute Gasteiger partial charge is 0.444 e. The van der Waals surface area contributed by atoms with Gasteiger partial charge in [0, 0.05) is 24.2 Å². The number of morpholine rings is 1. The van der Waals surface area contributed by atoms with Crippen molar-refractivity contribution in [2.75, 3.05) is 41.8 Å². The quantitative estimate of drug-likeness (QED) is 0.235. The third-order valence-electron chi connectivity index (χ3n) is 6.15. The van der Waals surface area contributed by atoms with Crippen molar-refractivity contribution < 1.29 is 23.9 Å². The molecule has 0 aliphatic carbocycles. The van der Waals surface area contributed by atoms with E-state index in [9.17, 15) is 14.4 Å². The summed E-state index contributed by atoms with van der Waals surface area (Å²) >= 11 is 0. The Labute approximate surface area is 245 Å². The fourth-order valence-electron chi connectivity index (χ4n) is 4.24. The molecule has 0 spiro atoms. The third kappa shape index (κ3) is 8.44. The zero-order valence-electron chi connectivity index (χ0n) is 23.8. The first-order chi connectivity index (χ1) is 20.1. The molecule has 214 valence electrons. The van der Waals surface area contributed by atoms with E-state index in [2.05, 4.69) is 27.4 Å². The molecule has 2 amide bonds. The molecule has 0 atom stereocenters. The zero-order chi connectivity index (χ0) is 30.1. The van der Waals surface area contributed by atoms with Crippen molar-refractivity contribution >= 4 is 34.8 Å². The fourth-order valence-corrected chi connectivity index (χ4v) is 4.24. The van der Waals surface area contributed by atoms with Crippen LogP contribution in [0.15, 0.2) is 66.7 Å². The average Bonchev–Trinajstić information content (AvgIpc) is 2.97. The Balaban J connectivity index is 1.70. The summed E-state index contributed by atoms with van der Waals surface area (Å²) in [5.74, 6) is 5.35. The van der Waals surface area contributed by atoms with Gasteiger partial charge in [0.25, 0.3) is 0 Å². The molecular weight excluding hydrogens is 532 g/mol. The number of rotatable bonds is 6. The highest BCUT2D eigenvalue weighted by Gasteiger charge is 2.22. The highest BCUT2D eigenvalue weighted by molar-refractivity contribution is 6.12. The maximum absolute atomic E-state index is 13.1. The molecule has 0 saturated carbocycles. The van der Waals surface area contributed by atoms with Gasteiger partial charge >= 0.3 is 6.09 Å². The number of carbonyl (C=O) groups excluding carboxylic acids is 3. The Morgan fingerprint density at radius 1 is 0.905 bits per heavy atom. The molecule has 3 aromatic carbocycles. The molecule has 3 aromatic rings. The molecule has 0 bridgehead atoms. The van der Waals surface area contributed by atoms with Gasteiger partial charge < -0.3 is 19.7 Å². The fraction of sp³-hybridized carbons (Fsp3) is 0.273. The van der Waals surface area contributed by atoms with Crippen LogP contribution >= 0.6 is 0 Å². The Bertz CT molecular complexity index is 1570. The molecule has 1 saturated heterocycles. The Kier molecular flexibility index (Phi) is 9.59. The predicted molar refractivity (Wildman–Crippen MR) is 160 cm³/mol. The zero-order valence-corrected chi connectivity index (χ0v) is 23.8. The van der Waals surface area contributed by atoms with Gasteiger partial charge in [-0.2, -0.15) is 5.26 Å². The smallest absolute Gasteiger partial charge is 0.412 e. The Morgan fingerprint density at radius 2 is 1.60 bits per heavy atom. The predicted octanol–water partition coefficient (Wildman–Crippen LogP) is 5.35. The van der Waals surface area contributed by atoms with Crippen molar-refractivity contribution in [2.24, 2.45) is 0 Å². The van der Waals surface area contributed by atoms with Crippen LogP contribution in [-0.4, -0.2) is 49.7 Å². The molecule has 1 aliphatic heterocycles. The van der Waals surface area contributed by atoms with Crippen molar-refractivity contribution in [3.63, 3.8) is 0 Å². The number of benzene rings is 3. The van der Waals surface area contributed by atoms with Gasteiger partial charge in [0.2, 0.25) is 5.91 Å².